The molecule has 2 amide bonds. The summed E-state index contributed by atoms with van der Waals surface area (Å²) in [7, 11) is 0. The van der Waals surface area contributed by atoms with Crippen molar-refractivity contribution in [2.45, 2.75) is 6.92 Å². The lowest BCUT2D eigenvalue weighted by Gasteiger charge is -2.35. The molecule has 0 saturated carbocycles. The molecule has 4 rings (SSSR count). The zero-order valence-corrected chi connectivity index (χ0v) is 16.8. The molecule has 1 fully saturated rings. The molecular formula is C21H21FN6O3. The van der Waals surface area contributed by atoms with Crippen molar-refractivity contribution in [3.8, 4) is 0 Å². The van der Waals surface area contributed by atoms with Crippen LogP contribution in [0.1, 0.15) is 17.6 Å². The van der Waals surface area contributed by atoms with Crippen molar-refractivity contribution in [3.63, 3.8) is 0 Å². The minimum atomic E-state index is -0.539. The van der Waals surface area contributed by atoms with Gasteiger partial charge in [-0.2, -0.15) is 0 Å². The van der Waals surface area contributed by atoms with Crippen LogP contribution in [0.5, 0.6) is 0 Å². The first-order chi connectivity index (χ1) is 15.0. The number of benzene rings is 2. The molecule has 0 radical (unpaired) electrons. The van der Waals surface area contributed by atoms with E-state index in [1.165, 1.54) is 24.3 Å². The SMILES string of the molecule is CC(=O)N1CCN(c2ccc(NC(=O)c3nnc(Nc4ccc(F)cc4)o3)cc2)CC1. The van der Waals surface area contributed by atoms with Gasteiger partial charge in [0.15, 0.2) is 0 Å². The van der Waals surface area contributed by atoms with E-state index in [9.17, 15) is 14.0 Å². The molecule has 2 heterocycles. The maximum absolute atomic E-state index is 13.0. The number of hydrogen-bond donors (Lipinski definition) is 2. The predicted octanol–water partition coefficient (Wildman–Crippen LogP) is 2.87. The molecule has 2 aromatic carbocycles. The first-order valence-electron chi connectivity index (χ1n) is 9.76. The van der Waals surface area contributed by atoms with Crippen LogP contribution in [0, 0.1) is 5.82 Å². The molecule has 0 bridgehead atoms. The number of aromatic nitrogens is 2. The number of nitrogens with zero attached hydrogens (tertiary/aromatic N) is 4. The second-order valence-electron chi connectivity index (χ2n) is 7.04. The van der Waals surface area contributed by atoms with Gasteiger partial charge in [-0.15, -0.1) is 5.10 Å². The highest BCUT2D eigenvalue weighted by Gasteiger charge is 2.19. The zero-order chi connectivity index (χ0) is 21.8. The molecule has 10 heteroatoms. The van der Waals surface area contributed by atoms with Crippen LogP contribution in [0.4, 0.5) is 27.5 Å². The summed E-state index contributed by atoms with van der Waals surface area (Å²) in [5.41, 5.74) is 2.16. The molecule has 9 nitrogen and oxygen atoms in total. The number of nitrogens with one attached hydrogen (secondary N) is 2. The van der Waals surface area contributed by atoms with Crippen LogP contribution >= 0.6 is 0 Å². The summed E-state index contributed by atoms with van der Waals surface area (Å²) >= 11 is 0. The number of halogens is 1. The Kier molecular flexibility index (Phi) is 5.78. The third-order valence-corrected chi connectivity index (χ3v) is 4.93. The topological polar surface area (TPSA) is 104 Å². The number of piperazine rings is 1. The minimum Gasteiger partial charge on any atom is -0.399 e. The second kappa shape index (κ2) is 8.82. The summed E-state index contributed by atoms with van der Waals surface area (Å²) < 4.78 is 18.3. The van der Waals surface area contributed by atoms with Crippen LogP contribution in [0.3, 0.4) is 0 Å². The zero-order valence-electron chi connectivity index (χ0n) is 16.8. The fourth-order valence-electron chi connectivity index (χ4n) is 3.24. The van der Waals surface area contributed by atoms with Gasteiger partial charge in [0.25, 0.3) is 0 Å². The highest BCUT2D eigenvalue weighted by Crippen LogP contribution is 2.21. The van der Waals surface area contributed by atoms with Crippen molar-refractivity contribution in [2.75, 3.05) is 41.7 Å². The lowest BCUT2D eigenvalue weighted by atomic mass is 10.2. The van der Waals surface area contributed by atoms with Gasteiger partial charge in [0, 0.05) is 50.2 Å². The Balaban J connectivity index is 1.33. The molecule has 1 aromatic heterocycles. The number of anilines is 4. The predicted molar refractivity (Wildman–Crippen MR) is 113 cm³/mol. The average Bonchev–Trinajstić information content (AvgIpc) is 3.25. The average molecular weight is 424 g/mol. The van der Waals surface area contributed by atoms with Crippen molar-refractivity contribution < 1.29 is 18.4 Å². The van der Waals surface area contributed by atoms with E-state index in [1.54, 1.807) is 19.1 Å². The number of rotatable bonds is 5. The summed E-state index contributed by atoms with van der Waals surface area (Å²) in [5, 5.41) is 13.0. The van der Waals surface area contributed by atoms with Crippen LogP contribution < -0.4 is 15.5 Å². The Bertz CT molecular complexity index is 1060. The van der Waals surface area contributed by atoms with Crippen molar-refractivity contribution in [3.05, 3.63) is 60.2 Å². The molecule has 3 aromatic rings. The van der Waals surface area contributed by atoms with Gasteiger partial charge >= 0.3 is 17.8 Å². The molecule has 1 aliphatic heterocycles. The molecule has 1 aliphatic rings. The molecule has 31 heavy (non-hydrogen) atoms. The van der Waals surface area contributed by atoms with Crippen LogP contribution in [-0.2, 0) is 4.79 Å². The summed E-state index contributed by atoms with van der Waals surface area (Å²) in [5.74, 6) is -1.01. The molecule has 0 aliphatic carbocycles. The molecule has 1 saturated heterocycles. The van der Waals surface area contributed by atoms with E-state index in [0.717, 1.165) is 18.8 Å². The van der Waals surface area contributed by atoms with Crippen molar-refractivity contribution in [1.82, 2.24) is 15.1 Å². The Morgan fingerprint density at radius 1 is 0.935 bits per heavy atom. The van der Waals surface area contributed by atoms with E-state index in [4.69, 9.17) is 4.42 Å². The van der Waals surface area contributed by atoms with Crippen LogP contribution in [0.15, 0.2) is 52.9 Å². The van der Waals surface area contributed by atoms with E-state index in [1.807, 2.05) is 17.0 Å². The number of amides is 2. The molecule has 0 unspecified atom stereocenters. The first kappa shape index (κ1) is 20.3. The van der Waals surface area contributed by atoms with Gasteiger partial charge in [-0.25, -0.2) is 4.39 Å². The standard InChI is InChI=1S/C21H21FN6O3/c1-14(29)27-10-12-28(13-11-27)18-8-6-16(7-9-18)23-19(30)20-25-26-21(31-20)24-17-4-2-15(22)3-5-17/h2-9H,10-13H2,1H3,(H,23,30)(H,24,26). The molecule has 0 spiro atoms. The van der Waals surface area contributed by atoms with E-state index in [2.05, 4.69) is 25.7 Å². The number of carbonyl (C=O) groups is 2. The van der Waals surface area contributed by atoms with E-state index < -0.39 is 5.91 Å². The van der Waals surface area contributed by atoms with E-state index >= 15 is 0 Å². The third-order valence-electron chi connectivity index (χ3n) is 4.93. The maximum Gasteiger partial charge on any atom is 0.320 e. The van der Waals surface area contributed by atoms with Crippen LogP contribution in [0.25, 0.3) is 0 Å². The normalized spacial score (nSPS) is 13.7. The largest absolute Gasteiger partial charge is 0.399 e. The number of hydrogen-bond acceptors (Lipinski definition) is 7. The Morgan fingerprint density at radius 2 is 1.58 bits per heavy atom. The summed E-state index contributed by atoms with van der Waals surface area (Å²) in [6.07, 6.45) is 0. The summed E-state index contributed by atoms with van der Waals surface area (Å²) in [6.45, 7) is 4.49. The van der Waals surface area contributed by atoms with Gasteiger partial charge < -0.3 is 24.9 Å². The maximum atomic E-state index is 13.0. The molecular weight excluding hydrogens is 403 g/mol. The highest BCUT2D eigenvalue weighted by atomic mass is 19.1. The Morgan fingerprint density at radius 3 is 2.23 bits per heavy atom. The van der Waals surface area contributed by atoms with Gasteiger partial charge in [0.2, 0.25) is 5.91 Å². The minimum absolute atomic E-state index is 0.0248. The van der Waals surface area contributed by atoms with Crippen molar-refractivity contribution >= 4 is 34.9 Å². The first-order valence-corrected chi connectivity index (χ1v) is 9.76. The fourth-order valence-corrected chi connectivity index (χ4v) is 3.24. The van der Waals surface area contributed by atoms with Crippen LogP contribution in [-0.4, -0.2) is 53.1 Å². The van der Waals surface area contributed by atoms with Gasteiger partial charge in [-0.1, -0.05) is 5.10 Å². The second-order valence-corrected chi connectivity index (χ2v) is 7.04. The van der Waals surface area contributed by atoms with E-state index in [0.29, 0.717) is 24.5 Å². The lowest BCUT2D eigenvalue weighted by Crippen LogP contribution is -2.48. The number of carbonyl (C=O) groups excluding carboxylic acids is 2. The Hall–Kier alpha value is -3.95. The smallest absolute Gasteiger partial charge is 0.320 e. The lowest BCUT2D eigenvalue weighted by molar-refractivity contribution is -0.129. The third kappa shape index (κ3) is 4.97. The molecule has 160 valence electrons. The monoisotopic (exact) mass is 424 g/mol. The quantitative estimate of drug-likeness (QED) is 0.649. The summed E-state index contributed by atoms with van der Waals surface area (Å²) in [4.78, 5) is 27.8. The van der Waals surface area contributed by atoms with Gasteiger partial charge in [-0.05, 0) is 48.5 Å². The van der Waals surface area contributed by atoms with Crippen molar-refractivity contribution in [2.24, 2.45) is 0 Å². The highest BCUT2D eigenvalue weighted by molar-refractivity contribution is 6.01. The summed E-state index contributed by atoms with van der Waals surface area (Å²) in [6, 6.07) is 13.0. The van der Waals surface area contributed by atoms with Gasteiger partial charge in [0.1, 0.15) is 5.82 Å². The van der Waals surface area contributed by atoms with Crippen LogP contribution in [0.2, 0.25) is 0 Å². The molecule has 0 atom stereocenters. The van der Waals surface area contributed by atoms with Gasteiger partial charge in [-0.3, -0.25) is 9.59 Å². The van der Waals surface area contributed by atoms with E-state index in [-0.39, 0.29) is 23.6 Å². The van der Waals surface area contributed by atoms with Crippen molar-refractivity contribution in [1.29, 1.82) is 0 Å². The Labute approximate surface area is 177 Å². The van der Waals surface area contributed by atoms with Gasteiger partial charge in [0.05, 0.1) is 0 Å². The molecule has 2 N–H and O–H groups in total. The fraction of sp³-hybridized carbons (Fsp3) is 0.238.